The second-order valence-corrected chi connectivity index (χ2v) is 4.69. The molecule has 15 heavy (non-hydrogen) atoms. The van der Waals surface area contributed by atoms with E-state index in [-0.39, 0.29) is 18.4 Å². The lowest BCUT2D eigenvalue weighted by atomic mass is 9.91. The van der Waals surface area contributed by atoms with Crippen molar-refractivity contribution in [2.45, 2.75) is 33.7 Å². The third-order valence-corrected chi connectivity index (χ3v) is 2.38. The van der Waals surface area contributed by atoms with Gasteiger partial charge in [-0.15, -0.1) is 0 Å². The zero-order valence-electron chi connectivity index (χ0n) is 9.83. The van der Waals surface area contributed by atoms with E-state index >= 15 is 0 Å². The van der Waals surface area contributed by atoms with Crippen LogP contribution >= 0.6 is 0 Å². The molecular formula is C10H21N3O2. The average Bonchev–Trinajstić information content (AvgIpc) is 2.12. The van der Waals surface area contributed by atoms with Crippen LogP contribution in [0.4, 0.5) is 0 Å². The van der Waals surface area contributed by atoms with Gasteiger partial charge >= 0.3 is 0 Å². The zero-order chi connectivity index (χ0) is 12.2. The minimum absolute atomic E-state index is 0.0278. The number of carbonyl (C=O) groups excluding carboxylic acids is 2. The van der Waals surface area contributed by atoms with E-state index in [1.165, 1.54) is 0 Å². The van der Waals surface area contributed by atoms with Crippen molar-refractivity contribution in [1.29, 1.82) is 0 Å². The van der Waals surface area contributed by atoms with Gasteiger partial charge in [0.2, 0.25) is 11.8 Å². The maximum absolute atomic E-state index is 11.7. The summed E-state index contributed by atoms with van der Waals surface area (Å²) in [7, 11) is 0. The second-order valence-electron chi connectivity index (χ2n) is 4.69. The van der Waals surface area contributed by atoms with Gasteiger partial charge in [0, 0.05) is 6.54 Å². The molecule has 0 saturated carbocycles. The number of carbonyl (C=O) groups is 2. The van der Waals surface area contributed by atoms with Crippen LogP contribution < -0.4 is 16.8 Å². The summed E-state index contributed by atoms with van der Waals surface area (Å²) < 4.78 is 0. The first-order chi connectivity index (χ1) is 6.72. The van der Waals surface area contributed by atoms with E-state index in [1.807, 2.05) is 13.8 Å². The Kier molecular flexibility index (Phi) is 4.74. The summed E-state index contributed by atoms with van der Waals surface area (Å²) in [6.07, 6.45) is 0. The summed E-state index contributed by atoms with van der Waals surface area (Å²) in [4.78, 5) is 22.8. The fraction of sp³-hybridized carbons (Fsp3) is 0.800. The first-order valence-corrected chi connectivity index (χ1v) is 5.02. The molecule has 0 radical (unpaired) electrons. The molecule has 0 rings (SSSR count). The molecule has 0 saturated heterocycles. The zero-order valence-corrected chi connectivity index (χ0v) is 9.83. The van der Waals surface area contributed by atoms with Gasteiger partial charge in [-0.3, -0.25) is 9.59 Å². The van der Waals surface area contributed by atoms with Crippen molar-refractivity contribution in [1.82, 2.24) is 5.32 Å². The van der Waals surface area contributed by atoms with E-state index in [1.54, 1.807) is 13.8 Å². The van der Waals surface area contributed by atoms with E-state index in [2.05, 4.69) is 5.32 Å². The van der Waals surface area contributed by atoms with Crippen LogP contribution in [0.5, 0.6) is 0 Å². The molecule has 0 aromatic carbocycles. The Bertz CT molecular complexity index is 249. The standard InChI is InChI=1S/C10H21N3O2/c1-6(2)7(8(12)14)13-9(15)10(3,4)5-11/h6-7H,5,11H2,1-4H3,(H2,12,14)(H,13,15). The van der Waals surface area contributed by atoms with Crippen molar-refractivity contribution in [3.05, 3.63) is 0 Å². The molecule has 5 nitrogen and oxygen atoms in total. The fourth-order valence-corrected chi connectivity index (χ4v) is 0.996. The summed E-state index contributed by atoms with van der Waals surface area (Å²) in [5.74, 6) is -0.798. The minimum atomic E-state index is -0.678. The molecular weight excluding hydrogens is 194 g/mol. The van der Waals surface area contributed by atoms with Gasteiger partial charge in [-0.2, -0.15) is 0 Å². The molecule has 0 fully saturated rings. The van der Waals surface area contributed by atoms with Crippen molar-refractivity contribution in [2.75, 3.05) is 6.54 Å². The molecule has 0 spiro atoms. The van der Waals surface area contributed by atoms with E-state index < -0.39 is 17.4 Å². The van der Waals surface area contributed by atoms with Crippen LogP contribution in [0.2, 0.25) is 0 Å². The lowest BCUT2D eigenvalue weighted by Gasteiger charge is -2.26. The van der Waals surface area contributed by atoms with Crippen molar-refractivity contribution >= 4 is 11.8 Å². The molecule has 2 amide bonds. The SMILES string of the molecule is CC(C)C(NC(=O)C(C)(C)CN)C(N)=O. The summed E-state index contributed by atoms with van der Waals surface area (Å²) in [5, 5.41) is 2.61. The third-order valence-electron chi connectivity index (χ3n) is 2.38. The second kappa shape index (κ2) is 5.11. The van der Waals surface area contributed by atoms with Crippen LogP contribution in [-0.2, 0) is 9.59 Å². The first-order valence-electron chi connectivity index (χ1n) is 5.02. The predicted octanol–water partition coefficient (Wildman–Crippen LogP) is -0.403. The van der Waals surface area contributed by atoms with Gasteiger partial charge in [0.25, 0.3) is 0 Å². The van der Waals surface area contributed by atoms with Crippen molar-refractivity contribution < 1.29 is 9.59 Å². The summed E-state index contributed by atoms with van der Waals surface area (Å²) in [6.45, 7) is 7.32. The molecule has 0 aromatic rings. The highest BCUT2D eigenvalue weighted by atomic mass is 16.2. The highest BCUT2D eigenvalue weighted by molar-refractivity contribution is 5.89. The quantitative estimate of drug-likeness (QED) is 0.582. The number of hydrogen-bond acceptors (Lipinski definition) is 3. The number of nitrogens with one attached hydrogen (secondary N) is 1. The first kappa shape index (κ1) is 13.9. The average molecular weight is 215 g/mol. The maximum Gasteiger partial charge on any atom is 0.240 e. The van der Waals surface area contributed by atoms with Crippen molar-refractivity contribution in [2.24, 2.45) is 22.8 Å². The lowest BCUT2D eigenvalue weighted by molar-refractivity contribution is -0.133. The predicted molar refractivity (Wildman–Crippen MR) is 58.8 cm³/mol. The molecule has 5 heteroatoms. The van der Waals surface area contributed by atoms with E-state index in [4.69, 9.17) is 11.5 Å². The molecule has 0 aliphatic carbocycles. The highest BCUT2D eigenvalue weighted by Crippen LogP contribution is 2.13. The third kappa shape index (κ3) is 3.87. The topological polar surface area (TPSA) is 98.2 Å². The van der Waals surface area contributed by atoms with Gasteiger partial charge in [-0.25, -0.2) is 0 Å². The molecule has 88 valence electrons. The summed E-state index contributed by atoms with van der Waals surface area (Å²) in [5.41, 5.74) is 9.97. The Morgan fingerprint density at radius 3 is 2.07 bits per heavy atom. The molecule has 0 bridgehead atoms. The lowest BCUT2D eigenvalue weighted by Crippen LogP contribution is -2.52. The minimum Gasteiger partial charge on any atom is -0.368 e. The fourth-order valence-electron chi connectivity index (χ4n) is 0.996. The molecule has 0 aliphatic heterocycles. The number of rotatable bonds is 5. The maximum atomic E-state index is 11.7. The Balaban J connectivity index is 4.57. The summed E-state index contributed by atoms with van der Waals surface area (Å²) >= 11 is 0. The van der Waals surface area contributed by atoms with E-state index in [0.717, 1.165) is 0 Å². The molecule has 0 aromatic heterocycles. The molecule has 0 heterocycles. The molecule has 1 unspecified atom stereocenters. The number of primary amides is 1. The molecule has 0 aliphatic rings. The van der Waals surface area contributed by atoms with Gasteiger partial charge in [0.05, 0.1) is 5.41 Å². The van der Waals surface area contributed by atoms with Gasteiger partial charge < -0.3 is 16.8 Å². The van der Waals surface area contributed by atoms with Gasteiger partial charge in [0.1, 0.15) is 6.04 Å². The number of amides is 2. The van der Waals surface area contributed by atoms with Gasteiger partial charge in [-0.1, -0.05) is 13.8 Å². The van der Waals surface area contributed by atoms with Crippen LogP contribution in [0.25, 0.3) is 0 Å². The van der Waals surface area contributed by atoms with Gasteiger partial charge in [-0.05, 0) is 19.8 Å². The Morgan fingerprint density at radius 2 is 1.80 bits per heavy atom. The van der Waals surface area contributed by atoms with Crippen LogP contribution in [0.1, 0.15) is 27.7 Å². The summed E-state index contributed by atoms with van der Waals surface area (Å²) in [6, 6.07) is -0.636. The van der Waals surface area contributed by atoms with E-state index in [0.29, 0.717) is 0 Å². The number of nitrogens with two attached hydrogens (primary N) is 2. The van der Waals surface area contributed by atoms with Gasteiger partial charge in [0.15, 0.2) is 0 Å². The van der Waals surface area contributed by atoms with Crippen molar-refractivity contribution in [3.63, 3.8) is 0 Å². The Labute approximate surface area is 90.6 Å². The van der Waals surface area contributed by atoms with Crippen LogP contribution in [0.3, 0.4) is 0 Å². The largest absolute Gasteiger partial charge is 0.368 e. The smallest absolute Gasteiger partial charge is 0.240 e. The highest BCUT2D eigenvalue weighted by Gasteiger charge is 2.30. The monoisotopic (exact) mass is 215 g/mol. The molecule has 5 N–H and O–H groups in total. The van der Waals surface area contributed by atoms with E-state index in [9.17, 15) is 9.59 Å². The normalized spacial score (nSPS) is 13.7. The van der Waals surface area contributed by atoms with Crippen LogP contribution in [0.15, 0.2) is 0 Å². The van der Waals surface area contributed by atoms with Crippen LogP contribution in [0, 0.1) is 11.3 Å². The Morgan fingerprint density at radius 1 is 1.33 bits per heavy atom. The number of hydrogen-bond donors (Lipinski definition) is 3. The van der Waals surface area contributed by atoms with Crippen LogP contribution in [-0.4, -0.2) is 24.4 Å². The molecule has 1 atom stereocenters. The van der Waals surface area contributed by atoms with Crippen molar-refractivity contribution in [3.8, 4) is 0 Å². The Hall–Kier alpha value is -1.10.